The second kappa shape index (κ2) is 11.2. The number of carbonyl (C=O) groups is 1. The first-order valence-corrected chi connectivity index (χ1v) is 12.6. The van der Waals surface area contributed by atoms with E-state index in [1.165, 1.54) is 11.8 Å². The Morgan fingerprint density at radius 1 is 1.14 bits per heavy atom. The van der Waals surface area contributed by atoms with Gasteiger partial charge in [0, 0.05) is 41.4 Å². The van der Waals surface area contributed by atoms with E-state index >= 15 is 0 Å². The summed E-state index contributed by atoms with van der Waals surface area (Å²) in [6, 6.07) is 12.8. The minimum atomic E-state index is -0.0610. The molecule has 3 aromatic rings. The van der Waals surface area contributed by atoms with E-state index in [1.807, 2.05) is 19.2 Å². The van der Waals surface area contributed by atoms with Crippen molar-refractivity contribution in [1.29, 1.82) is 5.26 Å². The van der Waals surface area contributed by atoms with E-state index in [-0.39, 0.29) is 11.5 Å². The first-order valence-electron chi connectivity index (χ1n) is 11.3. The standard InChI is InChI=1S/C27H26ClN3O4S/c1-31-10-9-21-20(14-31)25(17-11-23(33-2)26(35-4)24(12-17)34-3)19(13-29)27(30-21)36-15-22(32)16-5-7-18(28)8-6-16/h5-8,11-12H,9-10,14-15H2,1-4H3. The lowest BCUT2D eigenvalue weighted by Gasteiger charge is -2.28. The number of likely N-dealkylation sites (N-methyl/N-ethyl adjacent to an activating group) is 1. The van der Waals surface area contributed by atoms with E-state index < -0.39 is 0 Å². The maximum Gasteiger partial charge on any atom is 0.203 e. The number of ketones is 1. The Bertz CT molecular complexity index is 1310. The number of aromatic nitrogens is 1. The van der Waals surface area contributed by atoms with Gasteiger partial charge < -0.3 is 19.1 Å². The quantitative estimate of drug-likeness (QED) is 0.292. The Hall–Kier alpha value is -3.25. The Kier molecular flexibility index (Phi) is 8.04. The second-order valence-corrected chi connectivity index (χ2v) is 9.73. The molecule has 1 aliphatic heterocycles. The van der Waals surface area contributed by atoms with Gasteiger partial charge >= 0.3 is 0 Å². The first kappa shape index (κ1) is 25.8. The number of methoxy groups -OCH3 is 3. The van der Waals surface area contributed by atoms with Crippen LogP contribution in [0.3, 0.4) is 0 Å². The third-order valence-electron chi connectivity index (χ3n) is 6.08. The normalized spacial score (nSPS) is 13.0. The summed E-state index contributed by atoms with van der Waals surface area (Å²) in [4.78, 5) is 19.9. The number of fused-ring (bicyclic) bond motifs is 1. The number of halogens is 1. The summed E-state index contributed by atoms with van der Waals surface area (Å²) in [5, 5.41) is 11.4. The van der Waals surface area contributed by atoms with Gasteiger partial charge in [-0.25, -0.2) is 4.98 Å². The molecule has 1 aromatic heterocycles. The predicted molar refractivity (Wildman–Crippen MR) is 141 cm³/mol. The van der Waals surface area contributed by atoms with Crippen LogP contribution in [0.2, 0.25) is 5.02 Å². The van der Waals surface area contributed by atoms with Gasteiger partial charge in [0.15, 0.2) is 17.3 Å². The molecule has 0 amide bonds. The Labute approximate surface area is 219 Å². The van der Waals surface area contributed by atoms with Gasteiger partial charge in [-0.05, 0) is 54.6 Å². The van der Waals surface area contributed by atoms with Crippen LogP contribution < -0.4 is 14.2 Å². The van der Waals surface area contributed by atoms with Crippen LogP contribution in [0.15, 0.2) is 41.4 Å². The van der Waals surface area contributed by atoms with Crippen LogP contribution >= 0.6 is 23.4 Å². The molecule has 2 aromatic carbocycles. The molecule has 0 aliphatic carbocycles. The summed E-state index contributed by atoms with van der Waals surface area (Å²) in [7, 11) is 6.72. The van der Waals surface area contributed by atoms with Gasteiger partial charge in [0.1, 0.15) is 11.1 Å². The molecule has 0 N–H and O–H groups in total. The Morgan fingerprint density at radius 2 is 1.81 bits per heavy atom. The smallest absolute Gasteiger partial charge is 0.203 e. The number of carbonyl (C=O) groups excluding carboxylic acids is 1. The molecule has 2 heterocycles. The molecule has 0 bridgehead atoms. The first-order chi connectivity index (χ1) is 17.4. The zero-order valence-electron chi connectivity index (χ0n) is 20.6. The van der Waals surface area contributed by atoms with Crippen LogP contribution in [0.5, 0.6) is 17.2 Å². The number of pyridine rings is 1. The molecule has 4 rings (SSSR count). The third-order valence-corrected chi connectivity index (χ3v) is 7.31. The second-order valence-electron chi connectivity index (χ2n) is 8.32. The fourth-order valence-electron chi connectivity index (χ4n) is 4.28. The molecule has 1 aliphatic rings. The number of nitriles is 1. The minimum absolute atomic E-state index is 0.0610. The Balaban J connectivity index is 1.83. The molecule has 0 atom stereocenters. The molecule has 186 valence electrons. The van der Waals surface area contributed by atoms with Crippen molar-refractivity contribution in [2.45, 2.75) is 18.0 Å². The van der Waals surface area contributed by atoms with Crippen molar-refractivity contribution in [3.05, 3.63) is 63.8 Å². The van der Waals surface area contributed by atoms with Crippen LogP contribution in [0.1, 0.15) is 27.2 Å². The van der Waals surface area contributed by atoms with Crippen molar-refractivity contribution in [2.75, 3.05) is 40.7 Å². The monoisotopic (exact) mass is 523 g/mol. The SMILES string of the molecule is COc1cc(-c2c(C#N)c(SCC(=O)c3ccc(Cl)cc3)nc3c2CN(C)CC3)cc(OC)c1OC. The topological polar surface area (TPSA) is 84.7 Å². The summed E-state index contributed by atoms with van der Waals surface area (Å²) >= 11 is 7.22. The van der Waals surface area contributed by atoms with E-state index in [2.05, 4.69) is 11.0 Å². The van der Waals surface area contributed by atoms with E-state index in [0.29, 0.717) is 45.0 Å². The minimum Gasteiger partial charge on any atom is -0.493 e. The number of rotatable bonds is 8. The molecule has 0 saturated heterocycles. The number of hydrogen-bond acceptors (Lipinski definition) is 8. The van der Waals surface area contributed by atoms with Crippen molar-refractivity contribution < 1.29 is 19.0 Å². The van der Waals surface area contributed by atoms with E-state index in [9.17, 15) is 10.1 Å². The summed E-state index contributed by atoms with van der Waals surface area (Å²) in [6.45, 7) is 1.51. The van der Waals surface area contributed by atoms with Gasteiger partial charge in [-0.15, -0.1) is 0 Å². The lowest BCUT2D eigenvalue weighted by Crippen LogP contribution is -2.28. The van der Waals surface area contributed by atoms with Crippen molar-refractivity contribution in [2.24, 2.45) is 0 Å². The van der Waals surface area contributed by atoms with Gasteiger partial charge in [-0.2, -0.15) is 5.26 Å². The lowest BCUT2D eigenvalue weighted by atomic mass is 9.91. The zero-order valence-corrected chi connectivity index (χ0v) is 22.1. The van der Waals surface area contributed by atoms with Crippen LogP contribution in [0, 0.1) is 11.3 Å². The molecule has 36 heavy (non-hydrogen) atoms. The number of hydrogen-bond donors (Lipinski definition) is 0. The van der Waals surface area contributed by atoms with Crippen LogP contribution in [0.25, 0.3) is 11.1 Å². The molecule has 0 spiro atoms. The largest absolute Gasteiger partial charge is 0.493 e. The number of nitrogens with zero attached hydrogens (tertiary/aromatic N) is 3. The highest BCUT2D eigenvalue weighted by Gasteiger charge is 2.27. The third kappa shape index (κ3) is 5.14. The van der Waals surface area contributed by atoms with Crippen LogP contribution in [0.4, 0.5) is 0 Å². The van der Waals surface area contributed by atoms with Crippen molar-refractivity contribution in [1.82, 2.24) is 9.88 Å². The molecule has 0 saturated carbocycles. The summed E-state index contributed by atoms with van der Waals surface area (Å²) in [5.74, 6) is 1.56. The average molecular weight is 524 g/mol. The Morgan fingerprint density at radius 3 is 2.39 bits per heavy atom. The fraction of sp³-hybridized carbons (Fsp3) is 0.296. The maximum atomic E-state index is 12.8. The van der Waals surface area contributed by atoms with Crippen molar-refractivity contribution >= 4 is 29.1 Å². The molecular weight excluding hydrogens is 498 g/mol. The van der Waals surface area contributed by atoms with Crippen molar-refractivity contribution in [3.8, 4) is 34.4 Å². The van der Waals surface area contributed by atoms with Gasteiger partial charge in [-0.3, -0.25) is 4.79 Å². The molecular formula is C27H26ClN3O4S. The number of benzene rings is 2. The number of Topliss-reactive ketones (excluding diaryl/α,β-unsaturated/α-hetero) is 1. The van der Waals surface area contributed by atoms with E-state index in [1.54, 1.807) is 45.6 Å². The summed E-state index contributed by atoms with van der Waals surface area (Å²) < 4.78 is 16.6. The summed E-state index contributed by atoms with van der Waals surface area (Å²) in [5.41, 5.74) is 4.44. The van der Waals surface area contributed by atoms with Gasteiger partial charge in [-0.1, -0.05) is 23.4 Å². The van der Waals surface area contributed by atoms with Gasteiger partial charge in [0.2, 0.25) is 5.75 Å². The zero-order chi connectivity index (χ0) is 25.8. The van der Waals surface area contributed by atoms with E-state index in [0.717, 1.165) is 35.3 Å². The molecule has 9 heteroatoms. The fourth-order valence-corrected chi connectivity index (χ4v) is 5.30. The van der Waals surface area contributed by atoms with E-state index in [4.69, 9.17) is 30.8 Å². The van der Waals surface area contributed by atoms with Gasteiger partial charge in [0.05, 0.1) is 32.6 Å². The highest BCUT2D eigenvalue weighted by atomic mass is 35.5. The maximum absolute atomic E-state index is 12.8. The highest BCUT2D eigenvalue weighted by molar-refractivity contribution is 8.00. The number of thioether (sulfide) groups is 1. The van der Waals surface area contributed by atoms with Crippen LogP contribution in [-0.4, -0.2) is 56.3 Å². The van der Waals surface area contributed by atoms with Crippen LogP contribution in [-0.2, 0) is 13.0 Å². The van der Waals surface area contributed by atoms with Crippen molar-refractivity contribution in [3.63, 3.8) is 0 Å². The highest BCUT2D eigenvalue weighted by Crippen LogP contribution is 2.44. The summed E-state index contributed by atoms with van der Waals surface area (Å²) in [6.07, 6.45) is 0.744. The molecule has 7 nitrogen and oxygen atoms in total. The molecule has 0 fully saturated rings. The molecule has 0 radical (unpaired) electrons. The predicted octanol–water partition coefficient (Wildman–Crippen LogP) is 5.26. The van der Waals surface area contributed by atoms with Gasteiger partial charge in [0.25, 0.3) is 0 Å². The average Bonchev–Trinajstić information content (AvgIpc) is 2.90. The molecule has 0 unspecified atom stereocenters. The number of ether oxygens (including phenoxy) is 3. The lowest BCUT2D eigenvalue weighted by molar-refractivity contribution is 0.102.